The molecule has 4 rings (SSSR count). The minimum absolute atomic E-state index is 0. The third-order valence-electron chi connectivity index (χ3n) is 7.19. The van der Waals surface area contributed by atoms with Crippen molar-refractivity contribution in [2.24, 2.45) is 11.5 Å². The summed E-state index contributed by atoms with van der Waals surface area (Å²) in [5.74, 6) is 0.0392. The monoisotopic (exact) mass is 560 g/mol. The van der Waals surface area contributed by atoms with Gasteiger partial charge in [0.1, 0.15) is 5.82 Å². The van der Waals surface area contributed by atoms with E-state index in [1.165, 1.54) is 10.1 Å². The van der Waals surface area contributed by atoms with Crippen molar-refractivity contribution < 1.29 is 9.59 Å². The van der Waals surface area contributed by atoms with Crippen molar-refractivity contribution in [3.05, 3.63) is 52.6 Å². The predicted octanol–water partition coefficient (Wildman–Crippen LogP) is 1.47. The summed E-state index contributed by atoms with van der Waals surface area (Å²) < 4.78 is 1.44. The van der Waals surface area contributed by atoms with Gasteiger partial charge in [0.2, 0.25) is 5.91 Å². The van der Waals surface area contributed by atoms with Crippen molar-refractivity contribution in [2.75, 3.05) is 31.5 Å². The lowest BCUT2D eigenvalue weighted by Gasteiger charge is -2.37. The Labute approximate surface area is 235 Å². The lowest BCUT2D eigenvalue weighted by atomic mass is 10.1. The quantitative estimate of drug-likeness (QED) is 0.400. The average molecular weight is 561 g/mol. The van der Waals surface area contributed by atoms with Crippen LogP contribution in [0.25, 0.3) is 5.69 Å². The highest BCUT2D eigenvalue weighted by molar-refractivity contribution is 5.89. The van der Waals surface area contributed by atoms with E-state index >= 15 is 0 Å². The third kappa shape index (κ3) is 8.01. The number of amides is 3. The molecule has 3 amide bonds. The molecule has 11 nitrogen and oxygen atoms in total. The third-order valence-corrected chi connectivity index (χ3v) is 7.19. The normalized spacial score (nSPS) is 20.3. The van der Waals surface area contributed by atoms with Crippen molar-refractivity contribution in [1.82, 2.24) is 24.7 Å². The van der Waals surface area contributed by atoms with Crippen LogP contribution in [0.2, 0.25) is 0 Å². The van der Waals surface area contributed by atoms with Gasteiger partial charge in [0.05, 0.1) is 11.2 Å². The molecule has 214 valence electrons. The van der Waals surface area contributed by atoms with E-state index in [0.29, 0.717) is 50.0 Å². The molecule has 1 saturated heterocycles. The standard InChI is InChI=1S/C27H40N8O3.ClH/c1-18(30-21-7-6-20(28)17-21)16-19-4-8-22(9-5-19)35-11-10-23(32-26(35)38)31-25(37)34-14-12-33(13-15-34)24(36)27(2,3)29;/h4-5,8-11,18,20-21,30H,6-7,12-17,28-29H2,1-3H3,(H,31,32,37,38);1H/t18?,20-,21-;/m0./s1. The van der Waals surface area contributed by atoms with Crippen LogP contribution in [0.3, 0.4) is 0 Å². The minimum atomic E-state index is -0.946. The van der Waals surface area contributed by atoms with Crippen LogP contribution < -0.4 is 27.8 Å². The highest BCUT2D eigenvalue weighted by Gasteiger charge is 2.31. The van der Waals surface area contributed by atoms with Gasteiger partial charge in [0, 0.05) is 50.5 Å². The number of piperazine rings is 1. The van der Waals surface area contributed by atoms with Crippen LogP contribution in [-0.2, 0) is 11.2 Å². The lowest BCUT2D eigenvalue weighted by molar-refractivity contribution is -0.137. The van der Waals surface area contributed by atoms with Crippen LogP contribution in [0.5, 0.6) is 0 Å². The van der Waals surface area contributed by atoms with Crippen molar-refractivity contribution in [3.63, 3.8) is 0 Å². The Morgan fingerprint density at radius 1 is 1.08 bits per heavy atom. The van der Waals surface area contributed by atoms with Gasteiger partial charge in [0.25, 0.3) is 0 Å². The first kappa shape index (κ1) is 30.6. The number of hydrogen-bond donors (Lipinski definition) is 4. The maximum atomic E-state index is 12.7. The Morgan fingerprint density at radius 2 is 1.72 bits per heavy atom. The molecule has 0 spiro atoms. The fourth-order valence-electron chi connectivity index (χ4n) is 5.15. The Bertz CT molecular complexity index is 1190. The Morgan fingerprint density at radius 3 is 2.28 bits per heavy atom. The summed E-state index contributed by atoms with van der Waals surface area (Å²) in [6.07, 6.45) is 5.73. The lowest BCUT2D eigenvalue weighted by Crippen LogP contribution is -2.58. The smallest absolute Gasteiger partial charge is 0.338 e. The van der Waals surface area contributed by atoms with Crippen molar-refractivity contribution in [3.8, 4) is 5.69 Å². The molecule has 1 unspecified atom stereocenters. The van der Waals surface area contributed by atoms with Crippen LogP contribution in [0.15, 0.2) is 41.3 Å². The number of hydrogen-bond acceptors (Lipinski definition) is 7. The van der Waals surface area contributed by atoms with Crippen molar-refractivity contribution >= 4 is 30.2 Å². The Balaban J connectivity index is 0.00000420. The second kappa shape index (κ2) is 12.9. The minimum Gasteiger partial charge on any atom is -0.338 e. The fourth-order valence-corrected chi connectivity index (χ4v) is 5.15. The van der Waals surface area contributed by atoms with Crippen LogP contribution >= 0.6 is 12.4 Å². The molecular formula is C27H41ClN8O3. The molecule has 2 fully saturated rings. The maximum Gasteiger partial charge on any atom is 0.354 e. The topological polar surface area (TPSA) is 152 Å². The fraction of sp³-hybridized carbons (Fsp3) is 0.556. The van der Waals surface area contributed by atoms with E-state index in [1.807, 2.05) is 24.3 Å². The highest BCUT2D eigenvalue weighted by Crippen LogP contribution is 2.19. The summed E-state index contributed by atoms with van der Waals surface area (Å²) in [5.41, 5.74) is 12.4. The van der Waals surface area contributed by atoms with Gasteiger partial charge in [-0.2, -0.15) is 4.98 Å². The molecule has 2 aliphatic rings. The first-order chi connectivity index (χ1) is 18.0. The van der Waals surface area contributed by atoms with Crippen LogP contribution in [0.4, 0.5) is 10.6 Å². The second-order valence-electron chi connectivity index (χ2n) is 11.1. The molecule has 3 atom stereocenters. The predicted molar refractivity (Wildman–Crippen MR) is 154 cm³/mol. The molecule has 0 bridgehead atoms. The van der Waals surface area contributed by atoms with Gasteiger partial charge in [0.15, 0.2) is 0 Å². The molecule has 12 heteroatoms. The number of benzene rings is 1. The number of nitrogens with zero attached hydrogens (tertiary/aromatic N) is 4. The number of carbonyl (C=O) groups excluding carboxylic acids is 2. The molecule has 1 aromatic carbocycles. The molecule has 6 N–H and O–H groups in total. The number of nitrogens with two attached hydrogens (primary N) is 2. The van der Waals surface area contributed by atoms with E-state index in [2.05, 4.69) is 22.5 Å². The number of carbonyl (C=O) groups is 2. The van der Waals surface area contributed by atoms with Crippen molar-refractivity contribution in [2.45, 2.75) is 70.1 Å². The Kier molecular flexibility index (Phi) is 10.1. The first-order valence-electron chi connectivity index (χ1n) is 13.3. The van der Waals surface area contributed by atoms with E-state index in [0.717, 1.165) is 25.7 Å². The number of urea groups is 1. The van der Waals surface area contributed by atoms with Gasteiger partial charge in [-0.3, -0.25) is 14.7 Å². The number of halogens is 1. The average Bonchev–Trinajstić information content (AvgIpc) is 3.28. The van der Waals surface area contributed by atoms with Gasteiger partial charge < -0.3 is 26.6 Å². The van der Waals surface area contributed by atoms with Gasteiger partial charge in [-0.1, -0.05) is 12.1 Å². The van der Waals surface area contributed by atoms with E-state index in [9.17, 15) is 14.4 Å². The van der Waals surface area contributed by atoms with E-state index in [-0.39, 0.29) is 30.2 Å². The zero-order valence-corrected chi connectivity index (χ0v) is 23.7. The van der Waals surface area contributed by atoms with E-state index in [1.54, 1.807) is 35.9 Å². The molecule has 0 radical (unpaired) electrons. The zero-order valence-electron chi connectivity index (χ0n) is 22.9. The van der Waals surface area contributed by atoms with Gasteiger partial charge >= 0.3 is 11.7 Å². The second-order valence-corrected chi connectivity index (χ2v) is 11.1. The summed E-state index contributed by atoms with van der Waals surface area (Å²) in [7, 11) is 0. The van der Waals surface area contributed by atoms with Gasteiger partial charge in [-0.15, -0.1) is 12.4 Å². The molecule has 1 saturated carbocycles. The van der Waals surface area contributed by atoms with Gasteiger partial charge in [-0.25, -0.2) is 9.59 Å². The molecular weight excluding hydrogens is 520 g/mol. The van der Waals surface area contributed by atoms with Crippen LogP contribution in [-0.4, -0.2) is 81.1 Å². The zero-order chi connectivity index (χ0) is 27.4. The van der Waals surface area contributed by atoms with Crippen LogP contribution in [0.1, 0.15) is 45.6 Å². The largest absolute Gasteiger partial charge is 0.354 e. The Hall–Kier alpha value is -2.99. The number of aromatic nitrogens is 2. The summed E-state index contributed by atoms with van der Waals surface area (Å²) >= 11 is 0. The number of rotatable bonds is 7. The molecule has 2 heterocycles. The van der Waals surface area contributed by atoms with Gasteiger partial charge in [-0.05, 0) is 70.2 Å². The van der Waals surface area contributed by atoms with Crippen molar-refractivity contribution in [1.29, 1.82) is 0 Å². The molecule has 39 heavy (non-hydrogen) atoms. The van der Waals surface area contributed by atoms with E-state index < -0.39 is 11.2 Å². The highest BCUT2D eigenvalue weighted by atomic mass is 35.5. The maximum absolute atomic E-state index is 12.7. The summed E-state index contributed by atoms with van der Waals surface area (Å²) in [5, 5.41) is 6.35. The summed E-state index contributed by atoms with van der Waals surface area (Å²) in [4.78, 5) is 45.0. The van der Waals surface area contributed by atoms with Crippen LogP contribution in [0, 0.1) is 0 Å². The van der Waals surface area contributed by atoms with E-state index in [4.69, 9.17) is 11.5 Å². The molecule has 1 aliphatic heterocycles. The molecule has 1 aromatic heterocycles. The summed E-state index contributed by atoms with van der Waals surface area (Å²) in [6, 6.07) is 10.2. The number of anilines is 1. The molecule has 2 aromatic rings. The first-order valence-corrected chi connectivity index (χ1v) is 13.3. The molecule has 1 aliphatic carbocycles. The summed E-state index contributed by atoms with van der Waals surface area (Å²) in [6.45, 7) is 7.08. The number of nitrogens with one attached hydrogen (secondary N) is 2. The SMILES string of the molecule is CC(Cc1ccc(-n2ccc(NC(=O)N3CCN(C(=O)C(C)(C)N)CC3)nc2=O)cc1)N[C@H]1CC[C@H](N)C1.Cl.